The van der Waals surface area contributed by atoms with Crippen molar-refractivity contribution in [3.8, 4) is 0 Å². The number of aryl methyl sites for hydroxylation is 2. The first-order chi connectivity index (χ1) is 5.74. The van der Waals surface area contributed by atoms with Gasteiger partial charge < -0.3 is 0 Å². The lowest BCUT2D eigenvalue weighted by atomic mass is 10.1. The molecule has 0 atom stereocenters. The largest absolute Gasteiger partial charge is 0.300 e. The molecule has 0 unspecified atom stereocenters. The molecule has 1 heterocycles. The van der Waals surface area contributed by atoms with Crippen LogP contribution in [0.5, 0.6) is 0 Å². The van der Waals surface area contributed by atoms with E-state index in [4.69, 9.17) is 0 Å². The third-order valence-corrected chi connectivity index (χ3v) is 3.08. The second-order valence-corrected chi connectivity index (χ2v) is 3.92. The summed E-state index contributed by atoms with van der Waals surface area (Å²) in [6, 6.07) is 2.11. The first-order valence-corrected chi connectivity index (χ1v) is 5.16. The molecule has 1 aromatic heterocycles. The minimum Gasteiger partial charge on any atom is -0.300 e. The zero-order valence-corrected chi connectivity index (χ0v) is 8.41. The molecule has 0 saturated carbocycles. The third-order valence-electron chi connectivity index (χ3n) is 1.99. The van der Waals surface area contributed by atoms with Gasteiger partial charge in [0, 0.05) is 17.7 Å². The Labute approximate surface area is 77.4 Å². The van der Waals surface area contributed by atoms with Crippen molar-refractivity contribution in [3.05, 3.63) is 21.9 Å². The number of hydrogen-bond acceptors (Lipinski definition) is 2. The number of hydrogen-bond donors (Lipinski definition) is 0. The van der Waals surface area contributed by atoms with Crippen LogP contribution >= 0.6 is 11.3 Å². The summed E-state index contributed by atoms with van der Waals surface area (Å²) in [6.07, 6.45) is 2.30. The predicted octanol–water partition coefficient (Wildman–Crippen LogP) is 2.97. The first kappa shape index (κ1) is 9.46. The Morgan fingerprint density at radius 2 is 2.33 bits per heavy atom. The van der Waals surface area contributed by atoms with Crippen LogP contribution in [-0.4, -0.2) is 5.78 Å². The van der Waals surface area contributed by atoms with Crippen LogP contribution < -0.4 is 0 Å². The molecule has 0 saturated heterocycles. The number of carbonyl (C=O) groups is 1. The van der Waals surface area contributed by atoms with E-state index in [2.05, 4.69) is 18.4 Å². The monoisotopic (exact) mass is 182 g/mol. The fourth-order valence-electron chi connectivity index (χ4n) is 1.09. The van der Waals surface area contributed by atoms with Crippen molar-refractivity contribution in [2.24, 2.45) is 0 Å². The summed E-state index contributed by atoms with van der Waals surface area (Å²) in [4.78, 5) is 12.4. The molecule has 0 amide bonds. The van der Waals surface area contributed by atoms with Gasteiger partial charge in [0.25, 0.3) is 0 Å². The smallest absolute Gasteiger partial charge is 0.132 e. The molecule has 1 rings (SSSR count). The van der Waals surface area contributed by atoms with Crippen molar-refractivity contribution in [3.63, 3.8) is 0 Å². The number of ketones is 1. The number of thiophene rings is 1. The maximum absolute atomic E-state index is 11.0. The maximum Gasteiger partial charge on any atom is 0.132 e. The van der Waals surface area contributed by atoms with Gasteiger partial charge in [-0.05, 0) is 30.4 Å². The summed E-state index contributed by atoms with van der Waals surface area (Å²) in [5, 5.41) is 2.08. The van der Waals surface area contributed by atoms with Crippen LogP contribution in [0.15, 0.2) is 11.4 Å². The van der Waals surface area contributed by atoms with Gasteiger partial charge in [0.15, 0.2) is 0 Å². The molecule has 0 spiro atoms. The van der Waals surface area contributed by atoms with E-state index in [1.165, 1.54) is 10.4 Å². The molecule has 12 heavy (non-hydrogen) atoms. The fourth-order valence-corrected chi connectivity index (χ4v) is 2.00. The van der Waals surface area contributed by atoms with Crippen molar-refractivity contribution in [1.82, 2.24) is 0 Å². The van der Waals surface area contributed by atoms with Gasteiger partial charge in [-0.25, -0.2) is 0 Å². The summed E-state index contributed by atoms with van der Waals surface area (Å²) in [6.45, 7) is 4.02. The Morgan fingerprint density at radius 1 is 1.58 bits per heavy atom. The average Bonchev–Trinajstić information content (AvgIpc) is 2.47. The van der Waals surface area contributed by atoms with E-state index in [1.807, 2.05) is 6.92 Å². The van der Waals surface area contributed by atoms with Gasteiger partial charge in [-0.1, -0.05) is 6.92 Å². The molecule has 0 aliphatic rings. The zero-order chi connectivity index (χ0) is 8.97. The van der Waals surface area contributed by atoms with Crippen molar-refractivity contribution < 1.29 is 4.79 Å². The maximum atomic E-state index is 11.0. The van der Waals surface area contributed by atoms with Crippen molar-refractivity contribution >= 4 is 17.1 Å². The highest BCUT2D eigenvalue weighted by Gasteiger charge is 2.02. The van der Waals surface area contributed by atoms with E-state index in [-0.39, 0.29) is 0 Å². The number of rotatable bonds is 4. The Kier molecular flexibility index (Phi) is 3.48. The molecule has 0 aliphatic carbocycles. The fraction of sp³-hybridized carbons (Fsp3) is 0.500. The highest BCUT2D eigenvalue weighted by molar-refractivity contribution is 7.10. The third kappa shape index (κ3) is 2.45. The Morgan fingerprint density at radius 3 is 2.83 bits per heavy atom. The van der Waals surface area contributed by atoms with Crippen LogP contribution in [0.2, 0.25) is 0 Å². The second kappa shape index (κ2) is 4.41. The SMILES string of the molecule is CCC(=O)CCc1sccc1C. The molecule has 0 bridgehead atoms. The van der Waals surface area contributed by atoms with E-state index < -0.39 is 0 Å². The molecule has 66 valence electrons. The van der Waals surface area contributed by atoms with E-state index in [0.29, 0.717) is 18.6 Å². The lowest BCUT2D eigenvalue weighted by Gasteiger charge is -1.97. The molecule has 1 nitrogen and oxygen atoms in total. The zero-order valence-electron chi connectivity index (χ0n) is 7.59. The Balaban J connectivity index is 2.43. The highest BCUT2D eigenvalue weighted by Crippen LogP contribution is 2.17. The minimum atomic E-state index is 0.364. The van der Waals surface area contributed by atoms with Gasteiger partial charge in [-0.15, -0.1) is 11.3 Å². The Hall–Kier alpha value is -0.630. The van der Waals surface area contributed by atoms with Gasteiger partial charge in [0.05, 0.1) is 0 Å². The number of carbonyl (C=O) groups excluding carboxylic acids is 1. The molecule has 0 aromatic carbocycles. The van der Waals surface area contributed by atoms with Gasteiger partial charge in [0.2, 0.25) is 0 Å². The Bertz CT molecular complexity index is 263. The van der Waals surface area contributed by atoms with Crippen molar-refractivity contribution in [2.75, 3.05) is 0 Å². The van der Waals surface area contributed by atoms with Gasteiger partial charge in [-0.2, -0.15) is 0 Å². The molecule has 0 radical (unpaired) electrons. The lowest BCUT2D eigenvalue weighted by Crippen LogP contribution is -1.96. The summed E-state index contributed by atoms with van der Waals surface area (Å²) in [7, 11) is 0. The average molecular weight is 182 g/mol. The molecule has 0 fully saturated rings. The molecular weight excluding hydrogens is 168 g/mol. The van der Waals surface area contributed by atoms with E-state index in [1.54, 1.807) is 11.3 Å². The molecule has 0 aliphatic heterocycles. The van der Waals surface area contributed by atoms with Crippen LogP contribution in [0.1, 0.15) is 30.2 Å². The highest BCUT2D eigenvalue weighted by atomic mass is 32.1. The minimum absolute atomic E-state index is 0.364. The summed E-state index contributed by atoms with van der Waals surface area (Å²) >= 11 is 1.75. The first-order valence-electron chi connectivity index (χ1n) is 4.28. The summed E-state index contributed by atoms with van der Waals surface area (Å²) < 4.78 is 0. The summed E-state index contributed by atoms with van der Waals surface area (Å²) in [5.41, 5.74) is 1.32. The number of Topliss-reactive ketones (excluding diaryl/α,β-unsaturated/α-hetero) is 1. The molecular formula is C10H14OS. The van der Waals surface area contributed by atoms with Crippen molar-refractivity contribution in [1.29, 1.82) is 0 Å². The van der Waals surface area contributed by atoms with Crippen LogP contribution in [0.4, 0.5) is 0 Å². The summed E-state index contributed by atoms with van der Waals surface area (Å²) in [5.74, 6) is 0.364. The normalized spacial score (nSPS) is 10.2. The topological polar surface area (TPSA) is 17.1 Å². The van der Waals surface area contributed by atoms with E-state index in [0.717, 1.165) is 6.42 Å². The standard InChI is InChI=1S/C10H14OS/c1-3-9(11)4-5-10-8(2)6-7-12-10/h6-7H,3-5H2,1-2H3. The van der Waals surface area contributed by atoms with Gasteiger partial charge in [-0.3, -0.25) is 4.79 Å². The van der Waals surface area contributed by atoms with Crippen LogP contribution in [-0.2, 0) is 11.2 Å². The van der Waals surface area contributed by atoms with Crippen LogP contribution in [0, 0.1) is 6.92 Å². The van der Waals surface area contributed by atoms with Crippen LogP contribution in [0.25, 0.3) is 0 Å². The van der Waals surface area contributed by atoms with E-state index >= 15 is 0 Å². The molecule has 0 N–H and O–H groups in total. The molecule has 1 aromatic rings. The van der Waals surface area contributed by atoms with Gasteiger partial charge in [0.1, 0.15) is 5.78 Å². The second-order valence-electron chi connectivity index (χ2n) is 2.92. The lowest BCUT2D eigenvalue weighted by molar-refractivity contribution is -0.118. The van der Waals surface area contributed by atoms with Crippen molar-refractivity contribution in [2.45, 2.75) is 33.1 Å². The van der Waals surface area contributed by atoms with E-state index in [9.17, 15) is 4.79 Å². The predicted molar refractivity (Wildman–Crippen MR) is 52.7 cm³/mol. The quantitative estimate of drug-likeness (QED) is 0.699. The van der Waals surface area contributed by atoms with Crippen LogP contribution in [0.3, 0.4) is 0 Å². The van der Waals surface area contributed by atoms with Gasteiger partial charge >= 0.3 is 0 Å². The molecule has 2 heteroatoms.